The van der Waals surface area contributed by atoms with Crippen LogP contribution in [0.1, 0.15) is 45.0 Å². The number of hydrogen-bond donors (Lipinski definition) is 2. The minimum Gasteiger partial charge on any atom is -0.350 e. The Balaban J connectivity index is 2.78. The Hall–Kier alpha value is -1.84. The van der Waals surface area contributed by atoms with Crippen LogP contribution in [0.4, 0.5) is 0 Å². The first-order chi connectivity index (χ1) is 9.20. The molecule has 20 heavy (non-hydrogen) atoms. The normalized spacial score (nSPS) is 12.9. The van der Waals surface area contributed by atoms with E-state index in [1.807, 2.05) is 40.7 Å². The van der Waals surface area contributed by atoms with Gasteiger partial charge in [-0.25, -0.2) is 0 Å². The third-order valence-electron chi connectivity index (χ3n) is 2.77. The third-order valence-corrected chi connectivity index (χ3v) is 2.77. The fourth-order valence-corrected chi connectivity index (χ4v) is 1.80. The monoisotopic (exact) mass is 276 g/mol. The zero-order chi connectivity index (χ0) is 15.3. The summed E-state index contributed by atoms with van der Waals surface area (Å²) in [4.78, 5) is 24.4. The molecule has 110 valence electrons. The van der Waals surface area contributed by atoms with Crippen molar-refractivity contribution in [2.45, 2.75) is 46.2 Å². The highest BCUT2D eigenvalue weighted by Crippen LogP contribution is 2.08. The van der Waals surface area contributed by atoms with Crippen LogP contribution in [0.5, 0.6) is 0 Å². The van der Waals surface area contributed by atoms with Crippen LogP contribution in [-0.2, 0) is 4.79 Å². The quantitative estimate of drug-likeness (QED) is 0.887. The van der Waals surface area contributed by atoms with Crippen molar-refractivity contribution in [2.75, 3.05) is 0 Å². The highest BCUT2D eigenvalue weighted by atomic mass is 16.2. The number of benzene rings is 1. The van der Waals surface area contributed by atoms with E-state index >= 15 is 0 Å². The summed E-state index contributed by atoms with van der Waals surface area (Å²) in [6, 6.07) is 8.37. The van der Waals surface area contributed by atoms with Gasteiger partial charge in [0.2, 0.25) is 5.91 Å². The van der Waals surface area contributed by atoms with Crippen molar-refractivity contribution in [3.05, 3.63) is 35.9 Å². The molecule has 0 spiro atoms. The summed E-state index contributed by atoms with van der Waals surface area (Å²) < 4.78 is 0. The molecule has 0 aliphatic heterocycles. The number of rotatable bonds is 4. The maximum absolute atomic E-state index is 12.2. The molecule has 0 fully saturated rings. The third kappa shape index (κ3) is 5.03. The van der Waals surface area contributed by atoms with Crippen molar-refractivity contribution in [1.82, 2.24) is 10.6 Å². The molecule has 1 rings (SSSR count). The molecule has 4 heteroatoms. The molecule has 2 amide bonds. The Morgan fingerprint density at radius 3 is 2.05 bits per heavy atom. The van der Waals surface area contributed by atoms with Gasteiger partial charge in [-0.1, -0.05) is 32.0 Å². The maximum atomic E-state index is 12.2. The van der Waals surface area contributed by atoms with E-state index in [0.29, 0.717) is 5.56 Å². The van der Waals surface area contributed by atoms with E-state index in [9.17, 15) is 9.59 Å². The second-order valence-electron chi connectivity index (χ2n) is 6.30. The summed E-state index contributed by atoms with van der Waals surface area (Å²) in [5, 5.41) is 5.71. The molecule has 0 saturated carbocycles. The van der Waals surface area contributed by atoms with Gasteiger partial charge in [0.05, 0.1) is 0 Å². The van der Waals surface area contributed by atoms with Crippen LogP contribution in [-0.4, -0.2) is 23.4 Å². The minimum absolute atomic E-state index is 0.0185. The molecule has 0 aromatic heterocycles. The van der Waals surface area contributed by atoms with Crippen molar-refractivity contribution in [3.63, 3.8) is 0 Å². The smallest absolute Gasteiger partial charge is 0.251 e. The van der Waals surface area contributed by atoms with Gasteiger partial charge in [0.1, 0.15) is 6.04 Å². The van der Waals surface area contributed by atoms with E-state index in [4.69, 9.17) is 0 Å². The van der Waals surface area contributed by atoms with Gasteiger partial charge in [0.15, 0.2) is 0 Å². The van der Waals surface area contributed by atoms with Gasteiger partial charge in [-0.2, -0.15) is 0 Å². The van der Waals surface area contributed by atoms with Crippen LogP contribution in [0.25, 0.3) is 0 Å². The second-order valence-corrected chi connectivity index (χ2v) is 6.30. The topological polar surface area (TPSA) is 58.2 Å². The lowest BCUT2D eigenvalue weighted by molar-refractivity contribution is -0.125. The lowest BCUT2D eigenvalue weighted by atomic mass is 10.0. The van der Waals surface area contributed by atoms with E-state index in [1.165, 1.54) is 0 Å². The summed E-state index contributed by atoms with van der Waals surface area (Å²) in [6.07, 6.45) is 0. The fourth-order valence-electron chi connectivity index (χ4n) is 1.80. The van der Waals surface area contributed by atoms with Crippen molar-refractivity contribution in [1.29, 1.82) is 0 Å². The van der Waals surface area contributed by atoms with Crippen LogP contribution in [0, 0.1) is 5.92 Å². The summed E-state index contributed by atoms with van der Waals surface area (Å²) >= 11 is 0. The van der Waals surface area contributed by atoms with Gasteiger partial charge in [0.25, 0.3) is 5.91 Å². The van der Waals surface area contributed by atoms with Crippen LogP contribution in [0.15, 0.2) is 30.3 Å². The molecular weight excluding hydrogens is 252 g/mol. The average Bonchev–Trinajstić information content (AvgIpc) is 2.34. The van der Waals surface area contributed by atoms with Gasteiger partial charge in [-0.05, 0) is 38.8 Å². The molecule has 0 radical (unpaired) electrons. The summed E-state index contributed by atoms with van der Waals surface area (Å²) in [6.45, 7) is 9.58. The van der Waals surface area contributed by atoms with Crippen LogP contribution >= 0.6 is 0 Å². The second kappa shape index (κ2) is 6.55. The largest absolute Gasteiger partial charge is 0.350 e. The highest BCUT2D eigenvalue weighted by Gasteiger charge is 2.27. The highest BCUT2D eigenvalue weighted by molar-refractivity contribution is 5.97. The summed E-state index contributed by atoms with van der Waals surface area (Å²) in [5.74, 6) is -0.366. The van der Waals surface area contributed by atoms with E-state index in [0.717, 1.165) is 0 Å². The van der Waals surface area contributed by atoms with E-state index in [-0.39, 0.29) is 23.3 Å². The first-order valence-corrected chi connectivity index (χ1v) is 6.88. The van der Waals surface area contributed by atoms with E-state index in [1.54, 1.807) is 24.3 Å². The van der Waals surface area contributed by atoms with Crippen molar-refractivity contribution < 1.29 is 9.59 Å². The predicted octanol–water partition coefficient (Wildman–Crippen LogP) is 2.36. The summed E-state index contributed by atoms with van der Waals surface area (Å²) in [5.41, 5.74) is 0.239. The maximum Gasteiger partial charge on any atom is 0.251 e. The molecule has 0 saturated heterocycles. The first-order valence-electron chi connectivity index (χ1n) is 6.88. The van der Waals surface area contributed by atoms with Gasteiger partial charge < -0.3 is 10.6 Å². The number of carbonyl (C=O) groups is 2. The predicted molar refractivity (Wildman–Crippen MR) is 80.4 cm³/mol. The van der Waals surface area contributed by atoms with Crippen LogP contribution in [0.2, 0.25) is 0 Å². The number of nitrogens with one attached hydrogen (secondary N) is 2. The SMILES string of the molecule is CC(C)C(NC(=O)c1ccccc1)C(=O)NC(C)(C)C. The molecule has 1 atom stereocenters. The molecule has 0 bridgehead atoms. The molecule has 1 aromatic carbocycles. The van der Waals surface area contributed by atoms with Crippen LogP contribution < -0.4 is 10.6 Å². The standard InChI is InChI=1S/C16H24N2O2/c1-11(2)13(15(20)18-16(3,4)5)17-14(19)12-9-7-6-8-10-12/h6-11,13H,1-5H3,(H,17,19)(H,18,20). The Bertz CT molecular complexity index is 461. The van der Waals surface area contributed by atoms with E-state index < -0.39 is 6.04 Å². The molecule has 0 heterocycles. The van der Waals surface area contributed by atoms with Gasteiger partial charge in [-0.15, -0.1) is 0 Å². The number of carbonyl (C=O) groups excluding carboxylic acids is 2. The Labute approximate surface area is 121 Å². The number of amides is 2. The van der Waals surface area contributed by atoms with Crippen molar-refractivity contribution in [3.8, 4) is 0 Å². The Kier molecular flexibility index (Phi) is 5.31. The van der Waals surface area contributed by atoms with Crippen molar-refractivity contribution in [2.24, 2.45) is 5.92 Å². The molecule has 1 aromatic rings. The Morgan fingerprint density at radius 2 is 1.60 bits per heavy atom. The zero-order valence-corrected chi connectivity index (χ0v) is 12.9. The average molecular weight is 276 g/mol. The van der Waals surface area contributed by atoms with Gasteiger partial charge in [-0.3, -0.25) is 9.59 Å². The van der Waals surface area contributed by atoms with Crippen LogP contribution in [0.3, 0.4) is 0 Å². The first kappa shape index (κ1) is 16.2. The lowest BCUT2D eigenvalue weighted by Gasteiger charge is -2.27. The lowest BCUT2D eigenvalue weighted by Crippen LogP contribution is -2.54. The van der Waals surface area contributed by atoms with E-state index in [2.05, 4.69) is 10.6 Å². The summed E-state index contributed by atoms with van der Waals surface area (Å²) in [7, 11) is 0. The van der Waals surface area contributed by atoms with Gasteiger partial charge >= 0.3 is 0 Å². The number of hydrogen-bond acceptors (Lipinski definition) is 2. The van der Waals surface area contributed by atoms with Crippen molar-refractivity contribution >= 4 is 11.8 Å². The molecule has 2 N–H and O–H groups in total. The molecule has 4 nitrogen and oxygen atoms in total. The fraction of sp³-hybridized carbons (Fsp3) is 0.500. The zero-order valence-electron chi connectivity index (χ0n) is 12.9. The molecule has 1 unspecified atom stereocenters. The van der Waals surface area contributed by atoms with Gasteiger partial charge in [0, 0.05) is 11.1 Å². The molecular formula is C16H24N2O2. The minimum atomic E-state index is -0.540. The Morgan fingerprint density at radius 1 is 1.05 bits per heavy atom. The molecule has 0 aliphatic rings. The molecule has 0 aliphatic carbocycles.